The molecule has 0 atom stereocenters. The molecule has 0 N–H and O–H groups in total. The first-order valence-corrected chi connectivity index (χ1v) is 6.61. The largest absolute Gasteiger partial charge is 0.496 e. The molecule has 2 rings (SSSR count). The summed E-state index contributed by atoms with van der Waals surface area (Å²) < 4.78 is 10.6. The molecule has 0 spiro atoms. The zero-order chi connectivity index (χ0) is 15.8. The zero-order valence-corrected chi connectivity index (χ0v) is 12.2. The third-order valence-corrected chi connectivity index (χ3v) is 2.89. The van der Waals surface area contributed by atoms with E-state index < -0.39 is 0 Å². The first-order valence-electron chi connectivity index (χ1n) is 6.61. The van der Waals surface area contributed by atoms with E-state index in [1.54, 1.807) is 36.7 Å². The van der Waals surface area contributed by atoms with E-state index in [-0.39, 0.29) is 12.4 Å². The van der Waals surface area contributed by atoms with Crippen molar-refractivity contribution in [1.29, 1.82) is 0 Å². The number of carbonyl (C=O) groups excluding carboxylic acids is 1. The number of rotatable bonds is 6. The van der Waals surface area contributed by atoms with Crippen molar-refractivity contribution < 1.29 is 14.3 Å². The second-order valence-corrected chi connectivity index (χ2v) is 4.33. The highest BCUT2D eigenvalue weighted by molar-refractivity contribution is 6.08. The number of nitrogens with zero attached hydrogens (tertiary/aromatic N) is 1. The zero-order valence-electron chi connectivity index (χ0n) is 12.2. The van der Waals surface area contributed by atoms with Crippen molar-refractivity contribution in [2.75, 3.05) is 13.7 Å². The minimum Gasteiger partial charge on any atom is -0.496 e. The van der Waals surface area contributed by atoms with Crippen LogP contribution in [0, 0.1) is 12.3 Å². The second-order valence-electron chi connectivity index (χ2n) is 4.33. The van der Waals surface area contributed by atoms with Crippen LogP contribution >= 0.6 is 0 Å². The smallest absolute Gasteiger partial charge is 0.189 e. The lowest BCUT2D eigenvalue weighted by Gasteiger charge is -2.08. The van der Waals surface area contributed by atoms with Gasteiger partial charge in [-0.15, -0.1) is 6.42 Å². The maximum Gasteiger partial charge on any atom is 0.189 e. The molecule has 22 heavy (non-hydrogen) atoms. The van der Waals surface area contributed by atoms with Crippen LogP contribution in [0.1, 0.15) is 15.9 Å². The molecule has 0 unspecified atom stereocenters. The van der Waals surface area contributed by atoms with Crippen LogP contribution in [-0.2, 0) is 0 Å². The maximum absolute atomic E-state index is 12.3. The van der Waals surface area contributed by atoms with E-state index in [4.69, 9.17) is 15.9 Å². The van der Waals surface area contributed by atoms with Gasteiger partial charge in [-0.1, -0.05) is 12.0 Å². The third-order valence-electron chi connectivity index (χ3n) is 2.89. The van der Waals surface area contributed by atoms with Crippen molar-refractivity contribution in [3.63, 3.8) is 0 Å². The van der Waals surface area contributed by atoms with Gasteiger partial charge in [0, 0.05) is 18.5 Å². The Kier molecular flexibility index (Phi) is 5.33. The van der Waals surface area contributed by atoms with Gasteiger partial charge in [0.1, 0.15) is 18.1 Å². The Labute approximate surface area is 129 Å². The molecule has 4 heteroatoms. The molecule has 2 aromatic rings. The highest BCUT2D eigenvalue weighted by Gasteiger charge is 2.11. The second kappa shape index (κ2) is 7.65. The first kappa shape index (κ1) is 15.3. The number of hydrogen-bond acceptors (Lipinski definition) is 4. The Bertz CT molecular complexity index is 715. The highest BCUT2D eigenvalue weighted by atomic mass is 16.5. The van der Waals surface area contributed by atoms with Crippen LogP contribution < -0.4 is 9.47 Å². The molecule has 0 aliphatic carbocycles. The third kappa shape index (κ3) is 3.97. The summed E-state index contributed by atoms with van der Waals surface area (Å²) in [7, 11) is 1.50. The Morgan fingerprint density at radius 2 is 2.09 bits per heavy atom. The van der Waals surface area contributed by atoms with Gasteiger partial charge >= 0.3 is 0 Å². The summed E-state index contributed by atoms with van der Waals surface area (Å²) in [6.45, 7) is 0.165. The van der Waals surface area contributed by atoms with Gasteiger partial charge in [-0.2, -0.15) is 0 Å². The van der Waals surface area contributed by atoms with Gasteiger partial charge in [0.25, 0.3) is 0 Å². The van der Waals surface area contributed by atoms with Gasteiger partial charge in [0.2, 0.25) is 0 Å². The standard InChI is InChI=1S/C18H15NO3/c1-3-12-22-15-5-6-16(18(13-15)21-2)17(20)7-4-14-8-10-19-11-9-14/h1,4-11,13H,12H2,2H3/b7-4+. The summed E-state index contributed by atoms with van der Waals surface area (Å²) >= 11 is 0. The number of methoxy groups -OCH3 is 1. The molecule has 0 saturated carbocycles. The molecule has 1 aromatic heterocycles. The van der Waals surface area contributed by atoms with Crippen molar-refractivity contribution in [1.82, 2.24) is 4.98 Å². The number of hydrogen-bond donors (Lipinski definition) is 0. The van der Waals surface area contributed by atoms with Crippen LogP contribution in [0.2, 0.25) is 0 Å². The quantitative estimate of drug-likeness (QED) is 0.467. The Hall–Kier alpha value is -3.06. The van der Waals surface area contributed by atoms with E-state index in [0.29, 0.717) is 17.1 Å². The topological polar surface area (TPSA) is 48.4 Å². The minimum atomic E-state index is -0.155. The summed E-state index contributed by atoms with van der Waals surface area (Å²) in [5, 5.41) is 0. The predicted octanol–water partition coefficient (Wildman–Crippen LogP) is 3.00. The number of terminal acetylenes is 1. The average molecular weight is 293 g/mol. The number of pyridine rings is 1. The fraction of sp³-hybridized carbons (Fsp3) is 0.111. The van der Waals surface area contributed by atoms with Crippen LogP contribution in [0.3, 0.4) is 0 Å². The molecule has 0 aliphatic rings. The molecule has 0 saturated heterocycles. The number of benzene rings is 1. The van der Waals surface area contributed by atoms with E-state index in [2.05, 4.69) is 10.9 Å². The molecule has 0 radical (unpaired) electrons. The molecular weight excluding hydrogens is 278 g/mol. The summed E-state index contributed by atoms with van der Waals surface area (Å²) in [4.78, 5) is 16.2. The van der Waals surface area contributed by atoms with Gasteiger partial charge in [-0.3, -0.25) is 9.78 Å². The van der Waals surface area contributed by atoms with Crippen LogP contribution in [0.15, 0.2) is 48.8 Å². The monoisotopic (exact) mass is 293 g/mol. The summed E-state index contributed by atoms with van der Waals surface area (Å²) in [5.74, 6) is 3.23. The van der Waals surface area contributed by atoms with Gasteiger partial charge in [0.05, 0.1) is 12.7 Å². The van der Waals surface area contributed by atoms with Crippen molar-refractivity contribution >= 4 is 11.9 Å². The Balaban J connectivity index is 2.19. The van der Waals surface area contributed by atoms with Crippen LogP contribution in [0.5, 0.6) is 11.5 Å². The van der Waals surface area contributed by atoms with Gasteiger partial charge in [0.15, 0.2) is 5.78 Å². The van der Waals surface area contributed by atoms with Crippen molar-refractivity contribution in [2.45, 2.75) is 0 Å². The van der Waals surface area contributed by atoms with Crippen LogP contribution in [0.25, 0.3) is 6.08 Å². The fourth-order valence-electron chi connectivity index (χ4n) is 1.83. The molecule has 0 fully saturated rings. The SMILES string of the molecule is C#CCOc1ccc(C(=O)/C=C/c2ccncc2)c(OC)c1. The van der Waals surface area contributed by atoms with E-state index in [1.807, 2.05) is 12.1 Å². The normalized spacial score (nSPS) is 10.2. The lowest BCUT2D eigenvalue weighted by molar-refractivity contribution is 0.104. The maximum atomic E-state index is 12.3. The lowest BCUT2D eigenvalue weighted by atomic mass is 10.1. The van der Waals surface area contributed by atoms with E-state index in [1.165, 1.54) is 13.2 Å². The minimum absolute atomic E-state index is 0.155. The van der Waals surface area contributed by atoms with Gasteiger partial charge in [-0.25, -0.2) is 0 Å². The molecule has 0 amide bonds. The molecular formula is C18H15NO3. The molecule has 1 heterocycles. The van der Waals surface area contributed by atoms with Crippen LogP contribution in [-0.4, -0.2) is 24.5 Å². The Morgan fingerprint density at radius 3 is 2.77 bits per heavy atom. The first-order chi connectivity index (χ1) is 10.7. The molecule has 110 valence electrons. The Morgan fingerprint density at radius 1 is 1.32 bits per heavy atom. The average Bonchev–Trinajstić information content (AvgIpc) is 2.58. The molecule has 0 aliphatic heterocycles. The molecule has 4 nitrogen and oxygen atoms in total. The lowest BCUT2D eigenvalue weighted by Crippen LogP contribution is -2.00. The van der Waals surface area contributed by atoms with E-state index in [9.17, 15) is 4.79 Å². The number of carbonyl (C=O) groups is 1. The van der Waals surface area contributed by atoms with Crippen molar-refractivity contribution in [3.05, 3.63) is 59.9 Å². The molecule has 1 aromatic carbocycles. The van der Waals surface area contributed by atoms with Crippen molar-refractivity contribution in [2.24, 2.45) is 0 Å². The number of allylic oxidation sites excluding steroid dienone is 1. The van der Waals surface area contributed by atoms with E-state index in [0.717, 1.165) is 5.56 Å². The van der Waals surface area contributed by atoms with Gasteiger partial charge in [-0.05, 0) is 35.9 Å². The van der Waals surface area contributed by atoms with Gasteiger partial charge < -0.3 is 9.47 Å². The number of aromatic nitrogens is 1. The molecule has 0 bridgehead atoms. The van der Waals surface area contributed by atoms with Crippen molar-refractivity contribution in [3.8, 4) is 23.8 Å². The van der Waals surface area contributed by atoms with E-state index >= 15 is 0 Å². The fourth-order valence-corrected chi connectivity index (χ4v) is 1.83. The summed E-state index contributed by atoms with van der Waals surface area (Å²) in [6.07, 6.45) is 11.7. The number of ether oxygens (including phenoxy) is 2. The van der Waals surface area contributed by atoms with Crippen LogP contribution in [0.4, 0.5) is 0 Å². The summed E-state index contributed by atoms with van der Waals surface area (Å²) in [6, 6.07) is 8.62. The predicted molar refractivity (Wildman–Crippen MR) is 84.9 cm³/mol. The number of ketones is 1. The summed E-state index contributed by atoms with van der Waals surface area (Å²) in [5.41, 5.74) is 1.36. The highest BCUT2D eigenvalue weighted by Crippen LogP contribution is 2.25.